The number of rotatable bonds is 4. The molecule has 0 aliphatic rings. The van der Waals surface area contributed by atoms with Gasteiger partial charge in [0.05, 0.1) is 0 Å². The molecule has 0 saturated carbocycles. The first-order valence-corrected chi connectivity index (χ1v) is 6.30. The van der Waals surface area contributed by atoms with E-state index in [9.17, 15) is 4.57 Å². The summed E-state index contributed by atoms with van der Waals surface area (Å²) in [5, 5.41) is 0. The van der Waals surface area contributed by atoms with Crippen molar-refractivity contribution in [3.8, 4) is 0 Å². The zero-order valence-electron chi connectivity index (χ0n) is 8.91. The van der Waals surface area contributed by atoms with Crippen LogP contribution >= 0.6 is 8.46 Å². The first kappa shape index (κ1) is 11.0. The van der Waals surface area contributed by atoms with Crippen LogP contribution in [0.3, 0.4) is 0 Å². The predicted molar refractivity (Wildman–Crippen MR) is 67.2 cm³/mol. The molecule has 0 aliphatic carbocycles. The van der Waals surface area contributed by atoms with Crippen molar-refractivity contribution >= 4 is 8.46 Å². The smallest absolute Gasteiger partial charge is 0.156 e. The van der Waals surface area contributed by atoms with Crippen LogP contribution in [-0.2, 0) is 4.57 Å². The highest BCUT2D eigenvalue weighted by atomic mass is 31.1. The van der Waals surface area contributed by atoms with E-state index in [1.165, 1.54) is 11.1 Å². The van der Waals surface area contributed by atoms with E-state index < -0.39 is 0 Å². The van der Waals surface area contributed by atoms with Crippen LogP contribution in [0.5, 0.6) is 0 Å². The molecule has 80 valence electrons. The molecule has 0 bridgehead atoms. The van der Waals surface area contributed by atoms with Crippen LogP contribution in [0.25, 0.3) is 0 Å². The third-order valence-corrected chi connectivity index (χ3v) is 3.18. The monoisotopic (exact) mass is 228 g/mol. The Labute approximate surface area is 97.3 Å². The molecule has 0 N–H and O–H groups in total. The minimum absolute atomic E-state index is 0.194. The van der Waals surface area contributed by atoms with E-state index in [-0.39, 0.29) is 14.4 Å². The average Bonchev–Trinajstić information content (AvgIpc) is 2.38. The molecule has 0 fully saturated rings. The standard InChI is InChI=1S/C14H13OP/c15-16-11-14(12-7-3-1-4-8-12)13-9-5-2-6-10-13/h1-10,14H,11H2. The first-order valence-electron chi connectivity index (χ1n) is 5.31. The van der Waals surface area contributed by atoms with Gasteiger partial charge in [0, 0.05) is 12.1 Å². The van der Waals surface area contributed by atoms with Crippen LogP contribution in [0.4, 0.5) is 0 Å². The lowest BCUT2D eigenvalue weighted by Crippen LogP contribution is -2.02. The summed E-state index contributed by atoms with van der Waals surface area (Å²) >= 11 is 0. The molecule has 16 heavy (non-hydrogen) atoms. The fourth-order valence-corrected chi connectivity index (χ4v) is 2.42. The van der Waals surface area contributed by atoms with Crippen molar-refractivity contribution in [1.29, 1.82) is 0 Å². The molecule has 0 heterocycles. The van der Waals surface area contributed by atoms with Gasteiger partial charge in [-0.05, 0) is 11.1 Å². The van der Waals surface area contributed by atoms with E-state index in [1.807, 2.05) is 36.4 Å². The molecule has 0 unspecified atom stereocenters. The second-order valence-corrected chi connectivity index (χ2v) is 4.31. The van der Waals surface area contributed by atoms with Gasteiger partial charge in [-0.15, -0.1) is 0 Å². The third-order valence-electron chi connectivity index (χ3n) is 2.66. The Hall–Kier alpha value is -1.46. The number of benzene rings is 2. The van der Waals surface area contributed by atoms with E-state index in [0.29, 0.717) is 6.16 Å². The summed E-state index contributed by atoms with van der Waals surface area (Å²) in [6, 6.07) is 20.4. The zero-order valence-corrected chi connectivity index (χ0v) is 9.81. The van der Waals surface area contributed by atoms with E-state index in [0.717, 1.165) is 0 Å². The maximum Gasteiger partial charge on any atom is 0.156 e. The van der Waals surface area contributed by atoms with Crippen LogP contribution in [0, 0.1) is 0 Å². The number of hydrogen-bond donors (Lipinski definition) is 0. The SMILES string of the molecule is O=PCC(c1ccccc1)c1ccccc1. The fourth-order valence-electron chi connectivity index (χ4n) is 1.85. The minimum Gasteiger partial charge on any atom is -0.275 e. The lowest BCUT2D eigenvalue weighted by molar-refractivity contribution is 0.596. The van der Waals surface area contributed by atoms with E-state index in [4.69, 9.17) is 0 Å². The van der Waals surface area contributed by atoms with Gasteiger partial charge in [0.1, 0.15) is 0 Å². The topological polar surface area (TPSA) is 17.1 Å². The molecule has 0 spiro atoms. The highest BCUT2D eigenvalue weighted by Gasteiger charge is 2.12. The van der Waals surface area contributed by atoms with Crippen molar-refractivity contribution in [2.24, 2.45) is 0 Å². The Balaban J connectivity index is 2.35. The van der Waals surface area contributed by atoms with Crippen molar-refractivity contribution < 1.29 is 4.57 Å². The van der Waals surface area contributed by atoms with Crippen molar-refractivity contribution in [2.45, 2.75) is 5.92 Å². The number of hydrogen-bond acceptors (Lipinski definition) is 1. The first-order chi connectivity index (χ1) is 7.92. The average molecular weight is 228 g/mol. The molecule has 2 aromatic carbocycles. The molecule has 2 heteroatoms. The van der Waals surface area contributed by atoms with Crippen molar-refractivity contribution in [2.75, 3.05) is 6.16 Å². The largest absolute Gasteiger partial charge is 0.275 e. The molecule has 0 saturated heterocycles. The van der Waals surface area contributed by atoms with Crippen LogP contribution in [0.1, 0.15) is 17.0 Å². The van der Waals surface area contributed by atoms with Crippen molar-refractivity contribution in [1.82, 2.24) is 0 Å². The molecule has 0 atom stereocenters. The molecule has 2 rings (SSSR count). The summed E-state index contributed by atoms with van der Waals surface area (Å²) < 4.78 is 10.9. The van der Waals surface area contributed by atoms with E-state index >= 15 is 0 Å². The quantitative estimate of drug-likeness (QED) is 0.720. The van der Waals surface area contributed by atoms with Gasteiger partial charge in [-0.25, -0.2) is 0 Å². The molecule has 2 aromatic rings. The van der Waals surface area contributed by atoms with Gasteiger partial charge in [0.15, 0.2) is 8.46 Å². The summed E-state index contributed by atoms with van der Waals surface area (Å²) in [6.45, 7) is 0. The van der Waals surface area contributed by atoms with Gasteiger partial charge in [-0.3, -0.25) is 4.57 Å². The second-order valence-electron chi connectivity index (χ2n) is 3.69. The summed E-state index contributed by atoms with van der Waals surface area (Å²) in [4.78, 5) is 0. The normalized spacial score (nSPS) is 10.8. The van der Waals surface area contributed by atoms with Gasteiger partial charge >= 0.3 is 0 Å². The summed E-state index contributed by atoms with van der Waals surface area (Å²) in [5.74, 6) is 0.224. The van der Waals surface area contributed by atoms with E-state index in [2.05, 4.69) is 24.3 Å². The second kappa shape index (κ2) is 5.58. The third kappa shape index (κ3) is 2.56. The zero-order chi connectivity index (χ0) is 11.2. The van der Waals surface area contributed by atoms with Crippen molar-refractivity contribution in [3.05, 3.63) is 71.8 Å². The predicted octanol–water partition coefficient (Wildman–Crippen LogP) is 4.11. The summed E-state index contributed by atoms with van der Waals surface area (Å²) in [5.41, 5.74) is 2.44. The van der Waals surface area contributed by atoms with Gasteiger partial charge in [0.25, 0.3) is 0 Å². The highest BCUT2D eigenvalue weighted by molar-refractivity contribution is 7.23. The molecule has 0 aromatic heterocycles. The Kier molecular flexibility index (Phi) is 3.85. The van der Waals surface area contributed by atoms with Crippen LogP contribution in [0.15, 0.2) is 60.7 Å². The Morgan fingerprint density at radius 1 is 0.812 bits per heavy atom. The lowest BCUT2D eigenvalue weighted by atomic mass is 9.93. The van der Waals surface area contributed by atoms with Gasteiger partial charge in [0.2, 0.25) is 0 Å². The highest BCUT2D eigenvalue weighted by Crippen LogP contribution is 2.27. The maximum absolute atomic E-state index is 10.9. The molecular weight excluding hydrogens is 215 g/mol. The summed E-state index contributed by atoms with van der Waals surface area (Å²) in [7, 11) is 0.194. The lowest BCUT2D eigenvalue weighted by Gasteiger charge is -2.14. The van der Waals surface area contributed by atoms with Crippen molar-refractivity contribution in [3.63, 3.8) is 0 Å². The fraction of sp³-hybridized carbons (Fsp3) is 0.143. The maximum atomic E-state index is 10.9. The molecule has 0 amide bonds. The molecule has 0 radical (unpaired) electrons. The van der Waals surface area contributed by atoms with Gasteiger partial charge in [-0.2, -0.15) is 0 Å². The minimum atomic E-state index is 0.194. The van der Waals surface area contributed by atoms with Crippen LogP contribution < -0.4 is 0 Å². The van der Waals surface area contributed by atoms with Crippen LogP contribution in [0.2, 0.25) is 0 Å². The Morgan fingerprint density at radius 2 is 1.25 bits per heavy atom. The molecular formula is C14H13OP. The van der Waals surface area contributed by atoms with Gasteiger partial charge < -0.3 is 0 Å². The van der Waals surface area contributed by atoms with Crippen LogP contribution in [-0.4, -0.2) is 6.16 Å². The Bertz CT molecular complexity index is 399. The van der Waals surface area contributed by atoms with E-state index in [1.54, 1.807) is 0 Å². The molecule has 1 nitrogen and oxygen atoms in total. The molecule has 0 aliphatic heterocycles. The Morgan fingerprint density at radius 3 is 1.62 bits per heavy atom. The van der Waals surface area contributed by atoms with Gasteiger partial charge in [-0.1, -0.05) is 60.7 Å². The summed E-state index contributed by atoms with van der Waals surface area (Å²) in [6.07, 6.45) is 0.633.